The van der Waals surface area contributed by atoms with Gasteiger partial charge in [-0.15, -0.1) is 0 Å². The molecule has 10 nitrogen and oxygen atoms in total. The number of likely N-dealkylation sites (N-methyl/N-ethyl adjacent to an activating group) is 1. The van der Waals surface area contributed by atoms with E-state index in [9.17, 15) is 18.0 Å². The molecule has 0 aromatic heterocycles. The Balaban J connectivity index is 1.40. The molecule has 4 rings (SSSR count). The summed E-state index contributed by atoms with van der Waals surface area (Å²) in [7, 11) is -1.80. The minimum Gasteiger partial charge on any atom is -0.486 e. The Kier molecular flexibility index (Phi) is 7.05. The summed E-state index contributed by atoms with van der Waals surface area (Å²) in [4.78, 5) is 27.3. The molecule has 2 aromatic rings. The second-order valence-corrected chi connectivity index (χ2v) is 10.1. The molecule has 11 heteroatoms. The largest absolute Gasteiger partial charge is 0.486 e. The lowest BCUT2D eigenvalue weighted by Crippen LogP contribution is -2.47. The first kappa shape index (κ1) is 24.0. The monoisotopic (exact) mass is 489 g/mol. The number of anilines is 1. The number of esters is 1. The molecule has 0 aliphatic carbocycles. The second-order valence-electron chi connectivity index (χ2n) is 8.13. The number of piperazine rings is 1. The first-order valence-electron chi connectivity index (χ1n) is 10.9. The molecule has 1 amide bonds. The van der Waals surface area contributed by atoms with Gasteiger partial charge in [-0.25, -0.2) is 13.2 Å². The van der Waals surface area contributed by atoms with Gasteiger partial charge >= 0.3 is 5.97 Å². The number of nitrogens with zero attached hydrogens (tertiary/aromatic N) is 2. The third-order valence-electron chi connectivity index (χ3n) is 5.63. The molecule has 2 aliphatic rings. The van der Waals surface area contributed by atoms with Crippen LogP contribution in [0.1, 0.15) is 17.3 Å². The lowest BCUT2D eigenvalue weighted by Gasteiger charge is -2.31. The van der Waals surface area contributed by atoms with Gasteiger partial charge in [0, 0.05) is 37.9 Å². The number of fused-ring (bicyclic) bond motifs is 1. The van der Waals surface area contributed by atoms with Crippen LogP contribution in [0.3, 0.4) is 0 Å². The van der Waals surface area contributed by atoms with Crippen molar-refractivity contribution in [2.45, 2.75) is 17.9 Å². The highest BCUT2D eigenvalue weighted by Crippen LogP contribution is 2.32. The molecule has 2 aromatic carbocycles. The molecule has 1 saturated heterocycles. The zero-order valence-electron chi connectivity index (χ0n) is 19.0. The Bertz CT molecular complexity index is 1180. The quantitative estimate of drug-likeness (QED) is 0.609. The Morgan fingerprint density at radius 1 is 1.00 bits per heavy atom. The van der Waals surface area contributed by atoms with Crippen molar-refractivity contribution in [2.75, 3.05) is 51.8 Å². The normalized spacial score (nSPS) is 17.6. The minimum atomic E-state index is -3.74. The van der Waals surface area contributed by atoms with E-state index < -0.39 is 28.0 Å². The van der Waals surface area contributed by atoms with Crippen molar-refractivity contribution in [3.63, 3.8) is 0 Å². The van der Waals surface area contributed by atoms with Crippen molar-refractivity contribution < 1.29 is 32.2 Å². The minimum absolute atomic E-state index is 0.0138. The Labute approximate surface area is 198 Å². The van der Waals surface area contributed by atoms with Gasteiger partial charge in [0.25, 0.3) is 5.91 Å². The molecule has 1 N–H and O–H groups in total. The Morgan fingerprint density at radius 2 is 1.71 bits per heavy atom. The molecule has 0 saturated carbocycles. The van der Waals surface area contributed by atoms with Crippen LogP contribution in [-0.4, -0.2) is 82.0 Å². The van der Waals surface area contributed by atoms with Gasteiger partial charge in [-0.1, -0.05) is 6.07 Å². The lowest BCUT2D eigenvalue weighted by molar-refractivity contribution is -0.123. The zero-order chi connectivity index (χ0) is 24.3. The average Bonchev–Trinajstić information content (AvgIpc) is 2.84. The highest BCUT2D eigenvalue weighted by molar-refractivity contribution is 7.89. The van der Waals surface area contributed by atoms with Gasteiger partial charge in [-0.05, 0) is 44.3 Å². The number of carbonyl (C=O) groups is 2. The van der Waals surface area contributed by atoms with E-state index in [1.165, 1.54) is 35.5 Å². The topological polar surface area (TPSA) is 114 Å². The van der Waals surface area contributed by atoms with Crippen molar-refractivity contribution in [1.29, 1.82) is 0 Å². The Morgan fingerprint density at radius 3 is 2.44 bits per heavy atom. The van der Waals surface area contributed by atoms with E-state index in [0.717, 1.165) is 0 Å². The van der Waals surface area contributed by atoms with Crippen LogP contribution >= 0.6 is 0 Å². The molecule has 2 aliphatic heterocycles. The second kappa shape index (κ2) is 10.00. The predicted octanol–water partition coefficient (Wildman–Crippen LogP) is 1.58. The van der Waals surface area contributed by atoms with Gasteiger partial charge in [0.2, 0.25) is 10.0 Å². The van der Waals surface area contributed by atoms with Crippen LogP contribution < -0.4 is 14.8 Å². The molecule has 0 radical (unpaired) electrons. The van der Waals surface area contributed by atoms with Crippen molar-refractivity contribution in [1.82, 2.24) is 9.21 Å². The summed E-state index contributed by atoms with van der Waals surface area (Å²) >= 11 is 0. The third-order valence-corrected chi connectivity index (χ3v) is 7.53. The number of benzene rings is 2. The summed E-state index contributed by atoms with van der Waals surface area (Å²) < 4.78 is 43.6. The van der Waals surface area contributed by atoms with Crippen molar-refractivity contribution >= 4 is 27.6 Å². The maximum absolute atomic E-state index is 13.0. The fourth-order valence-corrected chi connectivity index (χ4v) is 5.08. The third kappa shape index (κ3) is 5.32. The molecule has 34 heavy (non-hydrogen) atoms. The average molecular weight is 490 g/mol. The van der Waals surface area contributed by atoms with Crippen LogP contribution in [0, 0.1) is 0 Å². The number of sulfonamides is 1. The number of amides is 1. The zero-order valence-corrected chi connectivity index (χ0v) is 19.8. The highest BCUT2D eigenvalue weighted by atomic mass is 32.2. The van der Waals surface area contributed by atoms with Crippen LogP contribution in [-0.2, 0) is 19.6 Å². The molecule has 1 fully saturated rings. The fourth-order valence-electron chi connectivity index (χ4n) is 3.61. The van der Waals surface area contributed by atoms with Gasteiger partial charge in [0.05, 0.1) is 10.5 Å². The van der Waals surface area contributed by atoms with Crippen LogP contribution in [0.15, 0.2) is 47.4 Å². The molecule has 0 bridgehead atoms. The SMILES string of the molecule is C[C@@H](OC(=O)c1cccc(S(=O)(=O)N2CCN(C)CC2)c1)C(=O)Nc1ccc2c(c1)OCCO2. The predicted molar refractivity (Wildman–Crippen MR) is 124 cm³/mol. The number of rotatable bonds is 6. The highest BCUT2D eigenvalue weighted by Gasteiger charge is 2.28. The number of carbonyl (C=O) groups excluding carboxylic acids is 2. The lowest BCUT2D eigenvalue weighted by atomic mass is 10.2. The summed E-state index contributed by atoms with van der Waals surface area (Å²) in [6.45, 7) is 4.35. The van der Waals surface area contributed by atoms with Crippen molar-refractivity contribution in [3.05, 3.63) is 48.0 Å². The molecule has 1 atom stereocenters. The first-order valence-corrected chi connectivity index (χ1v) is 12.4. The van der Waals surface area contributed by atoms with Crippen LogP contribution in [0.25, 0.3) is 0 Å². The van der Waals surface area contributed by atoms with E-state index in [-0.39, 0.29) is 10.5 Å². The van der Waals surface area contributed by atoms with Gasteiger partial charge < -0.3 is 24.4 Å². The summed E-state index contributed by atoms with van der Waals surface area (Å²) in [5, 5.41) is 2.67. The summed E-state index contributed by atoms with van der Waals surface area (Å²) in [5.41, 5.74) is 0.520. The summed E-state index contributed by atoms with van der Waals surface area (Å²) in [5.74, 6) is -0.214. The van der Waals surface area contributed by atoms with Gasteiger partial charge in [0.1, 0.15) is 13.2 Å². The Hall–Kier alpha value is -3.15. The van der Waals surface area contributed by atoms with Gasteiger partial charge in [0.15, 0.2) is 17.6 Å². The van der Waals surface area contributed by atoms with E-state index in [0.29, 0.717) is 56.6 Å². The fraction of sp³-hybridized carbons (Fsp3) is 0.391. The number of hydrogen-bond acceptors (Lipinski definition) is 8. The van der Waals surface area contributed by atoms with E-state index in [1.54, 1.807) is 18.2 Å². The molecular formula is C23H27N3O7S. The molecule has 2 heterocycles. The smallest absolute Gasteiger partial charge is 0.338 e. The first-order chi connectivity index (χ1) is 16.2. The van der Waals surface area contributed by atoms with Crippen molar-refractivity contribution in [2.24, 2.45) is 0 Å². The van der Waals surface area contributed by atoms with Crippen molar-refractivity contribution in [3.8, 4) is 11.5 Å². The van der Waals surface area contributed by atoms with Crippen LogP contribution in [0.4, 0.5) is 5.69 Å². The van der Waals surface area contributed by atoms with Gasteiger partial charge in [-0.2, -0.15) is 4.31 Å². The van der Waals surface area contributed by atoms with E-state index in [4.69, 9.17) is 14.2 Å². The van der Waals surface area contributed by atoms with E-state index in [2.05, 4.69) is 10.2 Å². The molecule has 182 valence electrons. The van der Waals surface area contributed by atoms with Crippen LogP contribution in [0.2, 0.25) is 0 Å². The molecule has 0 unspecified atom stereocenters. The molecular weight excluding hydrogens is 462 g/mol. The van der Waals surface area contributed by atoms with Crippen LogP contribution in [0.5, 0.6) is 11.5 Å². The number of ether oxygens (including phenoxy) is 3. The maximum Gasteiger partial charge on any atom is 0.338 e. The number of hydrogen-bond donors (Lipinski definition) is 1. The molecule has 0 spiro atoms. The van der Waals surface area contributed by atoms with E-state index >= 15 is 0 Å². The summed E-state index contributed by atoms with van der Waals surface area (Å²) in [6, 6.07) is 10.6. The summed E-state index contributed by atoms with van der Waals surface area (Å²) in [6.07, 6.45) is -1.11. The number of nitrogens with one attached hydrogen (secondary N) is 1. The van der Waals surface area contributed by atoms with E-state index in [1.807, 2.05) is 7.05 Å². The van der Waals surface area contributed by atoms with Gasteiger partial charge in [-0.3, -0.25) is 4.79 Å². The standard InChI is InChI=1S/C23H27N3O7S/c1-16(22(27)24-18-6-7-20-21(15-18)32-13-12-31-20)33-23(28)17-4-3-5-19(14-17)34(29,30)26-10-8-25(2)9-11-26/h3-7,14-16H,8-13H2,1-2H3,(H,24,27)/t16-/m1/s1. The maximum atomic E-state index is 13.0.